The van der Waals surface area contributed by atoms with Crippen molar-refractivity contribution in [3.05, 3.63) is 76.9 Å². The lowest BCUT2D eigenvalue weighted by Crippen LogP contribution is -2.57. The average molecular weight is 424 g/mol. The zero-order valence-electron chi connectivity index (χ0n) is 16.6. The number of hydrogen-bond acceptors (Lipinski definition) is 4. The topological polar surface area (TPSA) is 62.7 Å². The summed E-state index contributed by atoms with van der Waals surface area (Å²) in [4.78, 5) is 33.2. The Morgan fingerprint density at radius 2 is 1.87 bits per heavy atom. The number of carbonyl (C=O) groups excluding carboxylic acids is 2. The standard InChI is InChI=1S/C23H22ClN3O3/c1-16-22(28)26(14-18-13-20(24)19-9-5-6-10-21(19)25-18)11-12-27(16)23(29)30-15-17-7-3-2-4-8-17/h2-10,13,16H,11-12,14-15H2,1H3/t16-/m0/s1. The first kappa shape index (κ1) is 20.2. The van der Waals surface area contributed by atoms with Gasteiger partial charge in [-0.15, -0.1) is 0 Å². The molecule has 1 aliphatic heterocycles. The van der Waals surface area contributed by atoms with Crippen LogP contribution >= 0.6 is 11.6 Å². The summed E-state index contributed by atoms with van der Waals surface area (Å²) in [6.45, 7) is 3.07. The largest absolute Gasteiger partial charge is 0.445 e. The normalized spacial score (nSPS) is 16.7. The van der Waals surface area contributed by atoms with Crippen LogP contribution in [0.25, 0.3) is 10.9 Å². The van der Waals surface area contributed by atoms with Crippen LogP contribution in [-0.2, 0) is 22.7 Å². The highest BCUT2D eigenvalue weighted by molar-refractivity contribution is 6.35. The van der Waals surface area contributed by atoms with Crippen LogP contribution in [0.15, 0.2) is 60.7 Å². The number of halogens is 1. The van der Waals surface area contributed by atoms with Gasteiger partial charge >= 0.3 is 6.09 Å². The first-order valence-electron chi connectivity index (χ1n) is 9.83. The molecule has 7 heteroatoms. The van der Waals surface area contributed by atoms with Crippen LogP contribution < -0.4 is 0 Å². The lowest BCUT2D eigenvalue weighted by Gasteiger charge is -2.38. The Bertz CT molecular complexity index is 1070. The van der Waals surface area contributed by atoms with Gasteiger partial charge in [0.25, 0.3) is 0 Å². The van der Waals surface area contributed by atoms with Gasteiger partial charge in [-0.3, -0.25) is 14.7 Å². The second kappa shape index (κ2) is 8.71. The van der Waals surface area contributed by atoms with Crippen molar-refractivity contribution in [1.29, 1.82) is 0 Å². The fourth-order valence-electron chi connectivity index (χ4n) is 3.60. The molecule has 3 aromatic rings. The maximum Gasteiger partial charge on any atom is 0.410 e. The SMILES string of the molecule is C[C@H]1C(=O)N(Cc2cc(Cl)c3ccccc3n2)CCN1C(=O)OCc1ccccc1. The molecule has 0 N–H and O–H groups in total. The minimum atomic E-state index is -0.599. The van der Waals surface area contributed by atoms with Gasteiger partial charge in [-0.05, 0) is 24.6 Å². The number of para-hydroxylation sites is 1. The molecule has 0 saturated carbocycles. The molecule has 1 saturated heterocycles. The molecule has 0 radical (unpaired) electrons. The second-order valence-electron chi connectivity index (χ2n) is 7.28. The minimum absolute atomic E-state index is 0.135. The summed E-state index contributed by atoms with van der Waals surface area (Å²) in [5.41, 5.74) is 2.42. The number of amides is 2. The summed E-state index contributed by atoms with van der Waals surface area (Å²) < 4.78 is 5.39. The van der Waals surface area contributed by atoms with Crippen LogP contribution in [0.2, 0.25) is 5.02 Å². The molecule has 2 amide bonds. The molecule has 0 aliphatic carbocycles. The van der Waals surface area contributed by atoms with Crippen LogP contribution in [0.1, 0.15) is 18.2 Å². The molecule has 30 heavy (non-hydrogen) atoms. The lowest BCUT2D eigenvalue weighted by atomic mass is 10.1. The van der Waals surface area contributed by atoms with Crippen molar-refractivity contribution in [1.82, 2.24) is 14.8 Å². The Morgan fingerprint density at radius 1 is 1.13 bits per heavy atom. The molecule has 4 rings (SSSR count). The zero-order valence-corrected chi connectivity index (χ0v) is 17.4. The second-order valence-corrected chi connectivity index (χ2v) is 7.69. The summed E-state index contributed by atoms with van der Waals surface area (Å²) in [7, 11) is 0. The zero-order chi connectivity index (χ0) is 21.1. The molecule has 1 atom stereocenters. The first-order valence-corrected chi connectivity index (χ1v) is 10.2. The van der Waals surface area contributed by atoms with Crippen LogP contribution in [0.5, 0.6) is 0 Å². The van der Waals surface area contributed by atoms with Gasteiger partial charge in [-0.2, -0.15) is 0 Å². The van der Waals surface area contributed by atoms with E-state index >= 15 is 0 Å². The molecular formula is C23H22ClN3O3. The third-order valence-corrected chi connectivity index (χ3v) is 5.57. The number of pyridine rings is 1. The van der Waals surface area contributed by atoms with Gasteiger partial charge in [0.05, 0.1) is 22.8 Å². The molecule has 2 aromatic carbocycles. The van der Waals surface area contributed by atoms with E-state index in [9.17, 15) is 9.59 Å². The first-order chi connectivity index (χ1) is 14.5. The number of carbonyl (C=O) groups is 2. The van der Waals surface area contributed by atoms with E-state index in [1.165, 1.54) is 4.90 Å². The van der Waals surface area contributed by atoms with Gasteiger partial charge in [-0.1, -0.05) is 60.1 Å². The van der Waals surface area contributed by atoms with E-state index in [0.29, 0.717) is 24.7 Å². The quantitative estimate of drug-likeness (QED) is 0.629. The number of fused-ring (bicyclic) bond motifs is 1. The highest BCUT2D eigenvalue weighted by atomic mass is 35.5. The minimum Gasteiger partial charge on any atom is -0.445 e. The molecule has 2 heterocycles. The number of piperazine rings is 1. The van der Waals surface area contributed by atoms with Crippen LogP contribution in [0.4, 0.5) is 4.79 Å². The number of rotatable bonds is 4. The Labute approximate surface area is 180 Å². The fraction of sp³-hybridized carbons (Fsp3) is 0.261. The summed E-state index contributed by atoms with van der Waals surface area (Å²) in [5.74, 6) is -0.135. The number of hydrogen-bond donors (Lipinski definition) is 0. The number of ether oxygens (including phenoxy) is 1. The van der Waals surface area contributed by atoms with Crippen molar-refractivity contribution in [3.8, 4) is 0 Å². The smallest absolute Gasteiger partial charge is 0.410 e. The Morgan fingerprint density at radius 3 is 2.67 bits per heavy atom. The summed E-state index contributed by atoms with van der Waals surface area (Å²) >= 11 is 6.38. The van der Waals surface area contributed by atoms with Crippen molar-refractivity contribution >= 4 is 34.5 Å². The maximum atomic E-state index is 12.9. The van der Waals surface area contributed by atoms with Gasteiger partial charge in [0.2, 0.25) is 5.91 Å². The van der Waals surface area contributed by atoms with Crippen molar-refractivity contribution in [2.45, 2.75) is 26.1 Å². The monoisotopic (exact) mass is 423 g/mol. The predicted molar refractivity (Wildman–Crippen MR) is 115 cm³/mol. The maximum absolute atomic E-state index is 12.9. The molecule has 6 nitrogen and oxygen atoms in total. The molecular weight excluding hydrogens is 402 g/mol. The van der Waals surface area contributed by atoms with E-state index in [0.717, 1.165) is 22.2 Å². The molecule has 0 unspecified atom stereocenters. The highest BCUT2D eigenvalue weighted by Crippen LogP contribution is 2.24. The molecule has 1 fully saturated rings. The van der Waals surface area contributed by atoms with Crippen molar-refractivity contribution in [3.63, 3.8) is 0 Å². The molecule has 0 spiro atoms. The van der Waals surface area contributed by atoms with Crippen LogP contribution in [-0.4, -0.2) is 45.9 Å². The van der Waals surface area contributed by atoms with E-state index in [1.807, 2.05) is 54.6 Å². The summed E-state index contributed by atoms with van der Waals surface area (Å²) in [6, 6.07) is 18.3. The average Bonchev–Trinajstić information content (AvgIpc) is 2.76. The van der Waals surface area contributed by atoms with E-state index in [4.69, 9.17) is 16.3 Å². The van der Waals surface area contributed by atoms with Gasteiger partial charge in [0, 0.05) is 18.5 Å². The Kier molecular flexibility index (Phi) is 5.86. The van der Waals surface area contributed by atoms with E-state index in [2.05, 4.69) is 4.98 Å². The third-order valence-electron chi connectivity index (χ3n) is 5.26. The van der Waals surface area contributed by atoms with Crippen molar-refractivity contribution < 1.29 is 14.3 Å². The molecule has 154 valence electrons. The highest BCUT2D eigenvalue weighted by Gasteiger charge is 2.35. The van der Waals surface area contributed by atoms with E-state index in [1.54, 1.807) is 17.9 Å². The van der Waals surface area contributed by atoms with Crippen LogP contribution in [0.3, 0.4) is 0 Å². The summed E-state index contributed by atoms with van der Waals surface area (Å²) in [6.07, 6.45) is -0.480. The molecule has 1 aromatic heterocycles. The van der Waals surface area contributed by atoms with Gasteiger partial charge in [0.15, 0.2) is 0 Å². The number of benzene rings is 2. The van der Waals surface area contributed by atoms with Crippen molar-refractivity contribution in [2.75, 3.05) is 13.1 Å². The predicted octanol–water partition coefficient (Wildman–Crippen LogP) is 4.26. The Balaban J connectivity index is 1.40. The van der Waals surface area contributed by atoms with Gasteiger partial charge in [-0.25, -0.2) is 4.79 Å². The summed E-state index contributed by atoms with van der Waals surface area (Å²) in [5, 5.41) is 1.49. The third kappa shape index (κ3) is 4.24. The number of nitrogens with zero attached hydrogens (tertiary/aromatic N) is 3. The fourth-order valence-corrected chi connectivity index (χ4v) is 3.88. The van der Waals surface area contributed by atoms with E-state index < -0.39 is 12.1 Å². The molecule has 1 aliphatic rings. The lowest BCUT2D eigenvalue weighted by molar-refractivity contribution is -0.140. The van der Waals surface area contributed by atoms with Crippen LogP contribution in [0, 0.1) is 0 Å². The van der Waals surface area contributed by atoms with Crippen molar-refractivity contribution in [2.24, 2.45) is 0 Å². The Hall–Kier alpha value is -3.12. The van der Waals surface area contributed by atoms with Gasteiger partial charge in [0.1, 0.15) is 12.6 Å². The molecule has 0 bridgehead atoms. The van der Waals surface area contributed by atoms with E-state index in [-0.39, 0.29) is 12.5 Å². The van der Waals surface area contributed by atoms with Gasteiger partial charge < -0.3 is 9.64 Å². The number of aromatic nitrogens is 1.